The van der Waals surface area contributed by atoms with Gasteiger partial charge in [-0.15, -0.1) is 0 Å². The van der Waals surface area contributed by atoms with Gasteiger partial charge in [-0.2, -0.15) is 0 Å². The smallest absolute Gasteiger partial charge is 0.307 e. The third kappa shape index (κ3) is 2.38. The first-order valence-electron chi connectivity index (χ1n) is 7.20. The molecule has 3 aliphatic rings. The standard InChI is InChI=1S/C14H21NO3/c16-13(10-2-1-3-11(10)14(17)18)15-12(8-4-5-8)9-6-7-9/h8-12H,1-7H2,(H,15,16)(H,17,18). The van der Waals surface area contributed by atoms with Gasteiger partial charge in [0.2, 0.25) is 5.91 Å². The summed E-state index contributed by atoms with van der Waals surface area (Å²) in [7, 11) is 0. The van der Waals surface area contributed by atoms with Gasteiger partial charge in [0.15, 0.2) is 0 Å². The molecule has 3 saturated carbocycles. The average Bonchev–Trinajstić information content (AvgIpc) is 3.24. The molecule has 0 aromatic heterocycles. The molecular formula is C14H21NO3. The van der Waals surface area contributed by atoms with Crippen molar-refractivity contribution < 1.29 is 14.7 Å². The molecule has 0 bridgehead atoms. The van der Waals surface area contributed by atoms with Crippen molar-refractivity contribution in [2.24, 2.45) is 23.7 Å². The molecule has 4 nitrogen and oxygen atoms in total. The Morgan fingerprint density at radius 3 is 2.00 bits per heavy atom. The van der Waals surface area contributed by atoms with Crippen molar-refractivity contribution in [1.29, 1.82) is 0 Å². The number of carbonyl (C=O) groups is 2. The summed E-state index contributed by atoms with van der Waals surface area (Å²) in [6.07, 6.45) is 7.19. The summed E-state index contributed by atoms with van der Waals surface area (Å²) in [6, 6.07) is 0.340. The molecule has 2 atom stereocenters. The summed E-state index contributed by atoms with van der Waals surface area (Å²) in [6.45, 7) is 0. The van der Waals surface area contributed by atoms with Crippen LogP contribution in [-0.2, 0) is 9.59 Å². The number of carboxylic acid groups (broad SMARTS) is 1. The number of aliphatic carboxylic acids is 1. The van der Waals surface area contributed by atoms with Crippen molar-refractivity contribution in [3.8, 4) is 0 Å². The Balaban J connectivity index is 1.61. The average molecular weight is 251 g/mol. The Kier molecular flexibility index (Phi) is 3.04. The maximum Gasteiger partial charge on any atom is 0.307 e. The third-order valence-corrected chi connectivity index (χ3v) is 4.74. The van der Waals surface area contributed by atoms with Gasteiger partial charge in [-0.05, 0) is 50.4 Å². The molecule has 0 radical (unpaired) electrons. The Hall–Kier alpha value is -1.06. The molecule has 0 saturated heterocycles. The molecule has 2 unspecified atom stereocenters. The zero-order chi connectivity index (χ0) is 12.7. The van der Waals surface area contributed by atoms with E-state index in [1.165, 1.54) is 25.7 Å². The summed E-state index contributed by atoms with van der Waals surface area (Å²) in [4.78, 5) is 23.4. The van der Waals surface area contributed by atoms with Crippen LogP contribution in [0.25, 0.3) is 0 Å². The normalized spacial score (nSPS) is 31.6. The van der Waals surface area contributed by atoms with Crippen LogP contribution in [0, 0.1) is 23.7 Å². The van der Waals surface area contributed by atoms with Crippen molar-refractivity contribution in [1.82, 2.24) is 5.32 Å². The first-order valence-corrected chi connectivity index (χ1v) is 7.20. The maximum absolute atomic E-state index is 12.3. The number of amides is 1. The number of hydrogen-bond donors (Lipinski definition) is 2. The van der Waals surface area contributed by atoms with Crippen LogP contribution < -0.4 is 5.32 Å². The highest BCUT2D eigenvalue weighted by Gasteiger charge is 2.44. The second-order valence-corrected chi connectivity index (χ2v) is 6.19. The number of carboxylic acids is 1. The van der Waals surface area contributed by atoms with Crippen molar-refractivity contribution in [2.45, 2.75) is 51.0 Å². The number of rotatable bonds is 5. The summed E-state index contributed by atoms with van der Waals surface area (Å²) in [5.74, 6) is -0.199. The quantitative estimate of drug-likeness (QED) is 0.783. The molecule has 0 aliphatic heterocycles. The van der Waals surface area contributed by atoms with E-state index in [2.05, 4.69) is 5.32 Å². The van der Waals surface area contributed by atoms with Gasteiger partial charge in [-0.3, -0.25) is 9.59 Å². The Labute approximate surface area is 107 Å². The predicted molar refractivity (Wildman–Crippen MR) is 65.8 cm³/mol. The topological polar surface area (TPSA) is 66.4 Å². The highest BCUT2D eigenvalue weighted by Crippen LogP contribution is 2.45. The Morgan fingerprint density at radius 2 is 1.50 bits per heavy atom. The SMILES string of the molecule is O=C(O)C1CCCC1C(=O)NC(C1CC1)C1CC1. The molecular weight excluding hydrogens is 230 g/mol. The van der Waals surface area contributed by atoms with Crippen molar-refractivity contribution in [3.05, 3.63) is 0 Å². The molecule has 0 heterocycles. The zero-order valence-electron chi connectivity index (χ0n) is 10.6. The van der Waals surface area contributed by atoms with Gasteiger partial charge in [0.25, 0.3) is 0 Å². The van der Waals surface area contributed by atoms with E-state index in [0.717, 1.165) is 12.8 Å². The highest BCUT2D eigenvalue weighted by molar-refractivity contribution is 5.85. The van der Waals surface area contributed by atoms with Gasteiger partial charge in [0.05, 0.1) is 11.8 Å². The molecule has 4 heteroatoms. The van der Waals surface area contributed by atoms with Crippen molar-refractivity contribution >= 4 is 11.9 Å². The number of nitrogens with one attached hydrogen (secondary N) is 1. The summed E-state index contributed by atoms with van der Waals surface area (Å²) in [5, 5.41) is 12.3. The van der Waals surface area contributed by atoms with Crippen LogP contribution in [0.2, 0.25) is 0 Å². The van der Waals surface area contributed by atoms with Crippen LogP contribution in [0.5, 0.6) is 0 Å². The van der Waals surface area contributed by atoms with Crippen LogP contribution in [0.1, 0.15) is 44.9 Å². The van der Waals surface area contributed by atoms with Gasteiger partial charge < -0.3 is 10.4 Å². The van der Waals surface area contributed by atoms with Crippen LogP contribution in [0.3, 0.4) is 0 Å². The van der Waals surface area contributed by atoms with Gasteiger partial charge in [-0.1, -0.05) is 6.42 Å². The fourth-order valence-electron chi connectivity index (χ4n) is 3.37. The van der Waals surface area contributed by atoms with E-state index in [0.29, 0.717) is 24.3 Å². The fraction of sp³-hybridized carbons (Fsp3) is 0.857. The van der Waals surface area contributed by atoms with E-state index >= 15 is 0 Å². The maximum atomic E-state index is 12.3. The number of carbonyl (C=O) groups excluding carboxylic acids is 1. The minimum Gasteiger partial charge on any atom is -0.481 e. The van der Waals surface area contributed by atoms with E-state index in [1.807, 2.05) is 0 Å². The lowest BCUT2D eigenvalue weighted by Crippen LogP contribution is -2.43. The fourth-order valence-corrected chi connectivity index (χ4v) is 3.37. The van der Waals surface area contributed by atoms with Gasteiger partial charge in [0.1, 0.15) is 0 Å². The second-order valence-electron chi connectivity index (χ2n) is 6.19. The molecule has 0 aromatic rings. The minimum absolute atomic E-state index is 0.00343. The molecule has 3 rings (SSSR count). The minimum atomic E-state index is -0.804. The van der Waals surface area contributed by atoms with Crippen LogP contribution >= 0.6 is 0 Å². The molecule has 1 amide bonds. The van der Waals surface area contributed by atoms with E-state index < -0.39 is 11.9 Å². The molecule has 0 aromatic carbocycles. The first kappa shape index (κ1) is 12.0. The van der Waals surface area contributed by atoms with Crippen molar-refractivity contribution in [3.63, 3.8) is 0 Å². The first-order chi connectivity index (χ1) is 8.66. The second kappa shape index (κ2) is 4.56. The number of hydrogen-bond acceptors (Lipinski definition) is 2. The molecule has 3 aliphatic carbocycles. The Morgan fingerprint density at radius 1 is 0.944 bits per heavy atom. The summed E-state index contributed by atoms with van der Waals surface area (Å²) >= 11 is 0. The molecule has 18 heavy (non-hydrogen) atoms. The van der Waals surface area contributed by atoms with Crippen LogP contribution in [-0.4, -0.2) is 23.0 Å². The molecule has 100 valence electrons. The van der Waals surface area contributed by atoms with Crippen molar-refractivity contribution in [2.75, 3.05) is 0 Å². The largest absolute Gasteiger partial charge is 0.481 e. The molecule has 3 fully saturated rings. The summed E-state index contributed by atoms with van der Waals surface area (Å²) in [5.41, 5.74) is 0. The van der Waals surface area contributed by atoms with Crippen LogP contribution in [0.4, 0.5) is 0 Å². The molecule has 2 N–H and O–H groups in total. The van der Waals surface area contributed by atoms with E-state index in [4.69, 9.17) is 5.11 Å². The molecule has 0 spiro atoms. The third-order valence-electron chi connectivity index (χ3n) is 4.74. The highest BCUT2D eigenvalue weighted by atomic mass is 16.4. The van der Waals surface area contributed by atoms with E-state index in [-0.39, 0.29) is 11.8 Å². The lowest BCUT2D eigenvalue weighted by atomic mass is 9.94. The van der Waals surface area contributed by atoms with Crippen LogP contribution in [0.15, 0.2) is 0 Å². The Bertz CT molecular complexity index is 348. The lowest BCUT2D eigenvalue weighted by molar-refractivity contribution is -0.146. The van der Waals surface area contributed by atoms with E-state index in [1.54, 1.807) is 0 Å². The van der Waals surface area contributed by atoms with Gasteiger partial charge in [0, 0.05) is 6.04 Å². The lowest BCUT2D eigenvalue weighted by Gasteiger charge is -2.22. The monoisotopic (exact) mass is 251 g/mol. The predicted octanol–water partition coefficient (Wildman–Crippen LogP) is 1.79. The van der Waals surface area contributed by atoms with Gasteiger partial charge >= 0.3 is 5.97 Å². The van der Waals surface area contributed by atoms with E-state index in [9.17, 15) is 9.59 Å². The summed E-state index contributed by atoms with van der Waals surface area (Å²) < 4.78 is 0. The van der Waals surface area contributed by atoms with Gasteiger partial charge in [-0.25, -0.2) is 0 Å². The zero-order valence-corrected chi connectivity index (χ0v) is 10.6.